The molecule has 2 aromatic heterocycles. The second kappa shape index (κ2) is 8.64. The minimum atomic E-state index is -2.68. The number of hydrogen-bond acceptors (Lipinski definition) is 5. The Hall–Kier alpha value is -2.97. The van der Waals surface area contributed by atoms with Gasteiger partial charge in [0.25, 0.3) is 0 Å². The topological polar surface area (TPSA) is 55.2 Å². The lowest BCUT2D eigenvalue weighted by Gasteiger charge is -2.06. The van der Waals surface area contributed by atoms with Crippen LogP contribution < -0.4 is 0 Å². The van der Waals surface area contributed by atoms with Crippen LogP contribution >= 0.6 is 11.3 Å². The van der Waals surface area contributed by atoms with Gasteiger partial charge < -0.3 is 0 Å². The van der Waals surface area contributed by atoms with Crippen molar-refractivity contribution < 1.29 is 13.0 Å². The summed E-state index contributed by atoms with van der Waals surface area (Å²) >= 11 is 1.45. The molecule has 2 heterocycles. The highest BCUT2D eigenvalue weighted by Gasteiger charge is 2.17. The molecule has 4 nitrogen and oxygen atoms in total. The number of thiazole rings is 1. The van der Waals surface area contributed by atoms with E-state index in [4.69, 9.17) is 0 Å². The molecule has 0 aliphatic rings. The standard InChI is InChI=1S/C23H19F2N3OS2/c1-3-21-27-22(16-11-17(24)14-18(25)12-16)23(30-21)15-9-10-26-20(13-15)28-31(2,29)19-7-5-4-6-8-19/h4-14H,3H2,1-2H3. The summed E-state index contributed by atoms with van der Waals surface area (Å²) in [6, 6.07) is 15.9. The van der Waals surface area contributed by atoms with Crippen molar-refractivity contribution >= 4 is 26.9 Å². The number of aryl methyl sites for hydroxylation is 1. The molecule has 0 spiro atoms. The van der Waals surface area contributed by atoms with Gasteiger partial charge in [-0.15, -0.1) is 11.3 Å². The highest BCUT2D eigenvalue weighted by atomic mass is 32.2. The molecule has 1 unspecified atom stereocenters. The van der Waals surface area contributed by atoms with Crippen molar-refractivity contribution in [2.24, 2.45) is 4.36 Å². The fourth-order valence-electron chi connectivity index (χ4n) is 3.11. The summed E-state index contributed by atoms with van der Waals surface area (Å²) in [7, 11) is -2.68. The number of pyridine rings is 1. The molecule has 0 N–H and O–H groups in total. The maximum atomic E-state index is 13.8. The average Bonchev–Trinajstić information content (AvgIpc) is 3.18. The minimum absolute atomic E-state index is 0.316. The number of aromatic nitrogens is 2. The molecule has 0 saturated heterocycles. The molecule has 8 heteroatoms. The molecule has 0 amide bonds. The van der Waals surface area contributed by atoms with E-state index >= 15 is 0 Å². The van der Waals surface area contributed by atoms with Crippen molar-refractivity contribution in [1.29, 1.82) is 0 Å². The van der Waals surface area contributed by atoms with E-state index in [-0.39, 0.29) is 0 Å². The Balaban J connectivity index is 1.83. The maximum absolute atomic E-state index is 13.8. The van der Waals surface area contributed by atoms with Crippen LogP contribution in [0.5, 0.6) is 0 Å². The van der Waals surface area contributed by atoms with Gasteiger partial charge in [0.05, 0.1) is 25.3 Å². The van der Waals surface area contributed by atoms with Crippen molar-refractivity contribution in [2.75, 3.05) is 6.26 Å². The number of nitrogens with zero attached hydrogens (tertiary/aromatic N) is 3. The lowest BCUT2D eigenvalue weighted by atomic mass is 10.1. The van der Waals surface area contributed by atoms with E-state index in [1.54, 1.807) is 36.7 Å². The first kappa shape index (κ1) is 21.3. The summed E-state index contributed by atoms with van der Waals surface area (Å²) in [6.45, 7) is 1.97. The summed E-state index contributed by atoms with van der Waals surface area (Å²) in [6.07, 6.45) is 3.84. The van der Waals surface area contributed by atoms with Gasteiger partial charge in [0.1, 0.15) is 11.6 Å². The Morgan fingerprint density at radius 1 is 1.00 bits per heavy atom. The van der Waals surface area contributed by atoms with Crippen LogP contribution in [0.4, 0.5) is 14.6 Å². The van der Waals surface area contributed by atoms with E-state index in [0.717, 1.165) is 21.5 Å². The number of halogens is 2. The van der Waals surface area contributed by atoms with Crippen LogP contribution in [0, 0.1) is 11.6 Å². The van der Waals surface area contributed by atoms with E-state index < -0.39 is 21.4 Å². The van der Waals surface area contributed by atoms with Crippen molar-refractivity contribution in [3.8, 4) is 21.7 Å². The first-order valence-electron chi connectivity index (χ1n) is 9.55. The van der Waals surface area contributed by atoms with Crippen LogP contribution in [0.1, 0.15) is 11.9 Å². The van der Waals surface area contributed by atoms with E-state index in [2.05, 4.69) is 14.3 Å². The molecule has 158 valence electrons. The SMILES string of the molecule is CCc1nc(-c2cc(F)cc(F)c2)c(-c2ccnc(N=S(C)(=O)c3ccccc3)c2)s1. The van der Waals surface area contributed by atoms with Gasteiger partial charge in [0, 0.05) is 29.0 Å². The van der Waals surface area contributed by atoms with Gasteiger partial charge in [-0.1, -0.05) is 25.1 Å². The predicted molar refractivity (Wildman–Crippen MR) is 121 cm³/mol. The summed E-state index contributed by atoms with van der Waals surface area (Å²) < 4.78 is 45.2. The largest absolute Gasteiger partial charge is 0.245 e. The molecule has 4 aromatic rings. The van der Waals surface area contributed by atoms with Crippen molar-refractivity contribution in [2.45, 2.75) is 18.2 Å². The number of rotatable bonds is 5. The highest BCUT2D eigenvalue weighted by molar-refractivity contribution is 7.93. The normalized spacial score (nSPS) is 13.0. The summed E-state index contributed by atoms with van der Waals surface area (Å²) in [5.41, 5.74) is 1.61. The van der Waals surface area contributed by atoms with Gasteiger partial charge in [0.15, 0.2) is 5.82 Å². The van der Waals surface area contributed by atoms with Crippen molar-refractivity contribution in [3.63, 3.8) is 0 Å². The van der Waals surface area contributed by atoms with Crippen LogP contribution in [0.15, 0.2) is 76.1 Å². The molecule has 2 aromatic carbocycles. The maximum Gasteiger partial charge on any atom is 0.162 e. The summed E-state index contributed by atoms with van der Waals surface area (Å²) in [5.74, 6) is -1.01. The molecule has 0 aliphatic heterocycles. The van der Waals surface area contributed by atoms with Crippen LogP contribution in [-0.4, -0.2) is 20.4 Å². The van der Waals surface area contributed by atoms with Crippen LogP contribution in [0.3, 0.4) is 0 Å². The third-order valence-corrected chi connectivity index (χ3v) is 7.50. The fraction of sp³-hybridized carbons (Fsp3) is 0.130. The second-order valence-corrected chi connectivity index (χ2v) is 10.2. The Labute approximate surface area is 183 Å². The molecular weight excluding hydrogens is 436 g/mol. The van der Waals surface area contributed by atoms with Gasteiger partial charge in [-0.25, -0.2) is 23.0 Å². The monoisotopic (exact) mass is 455 g/mol. The molecule has 0 radical (unpaired) electrons. The molecule has 1 atom stereocenters. The quantitative estimate of drug-likeness (QED) is 0.345. The molecular formula is C23H19F2N3OS2. The first-order chi connectivity index (χ1) is 14.9. The van der Waals surface area contributed by atoms with Crippen LogP contribution in [0.25, 0.3) is 21.7 Å². The van der Waals surface area contributed by atoms with Crippen LogP contribution in [-0.2, 0) is 16.1 Å². The summed E-state index contributed by atoms with van der Waals surface area (Å²) in [5, 5.41) is 0.841. The molecule has 0 saturated carbocycles. The van der Waals surface area contributed by atoms with Crippen molar-refractivity contribution in [3.05, 3.63) is 83.5 Å². The van der Waals surface area contributed by atoms with Gasteiger partial charge in [-0.2, -0.15) is 4.36 Å². The minimum Gasteiger partial charge on any atom is -0.245 e. The third-order valence-electron chi connectivity index (χ3n) is 4.57. The molecule has 0 aliphatic carbocycles. The Kier molecular flexibility index (Phi) is 5.93. The average molecular weight is 456 g/mol. The molecule has 0 bridgehead atoms. The van der Waals surface area contributed by atoms with E-state index in [1.165, 1.54) is 23.5 Å². The molecule has 4 rings (SSSR count). The molecule has 0 fully saturated rings. The smallest absolute Gasteiger partial charge is 0.162 e. The second-order valence-electron chi connectivity index (χ2n) is 6.91. The third kappa shape index (κ3) is 4.70. The Morgan fingerprint density at radius 2 is 1.71 bits per heavy atom. The predicted octanol–water partition coefficient (Wildman–Crippen LogP) is 6.50. The van der Waals surface area contributed by atoms with Crippen molar-refractivity contribution in [1.82, 2.24) is 9.97 Å². The Bertz CT molecular complexity index is 1340. The lowest BCUT2D eigenvalue weighted by Crippen LogP contribution is -1.96. The van der Waals surface area contributed by atoms with Gasteiger partial charge in [-0.3, -0.25) is 0 Å². The zero-order valence-electron chi connectivity index (χ0n) is 16.9. The van der Waals surface area contributed by atoms with E-state index in [9.17, 15) is 13.0 Å². The lowest BCUT2D eigenvalue weighted by molar-refractivity contribution is 0.584. The number of benzene rings is 2. The van der Waals surface area contributed by atoms with Crippen LogP contribution in [0.2, 0.25) is 0 Å². The first-order valence-corrected chi connectivity index (χ1v) is 12.3. The zero-order valence-corrected chi connectivity index (χ0v) is 18.5. The van der Waals surface area contributed by atoms with E-state index in [0.29, 0.717) is 28.4 Å². The zero-order chi connectivity index (χ0) is 22.0. The van der Waals surface area contributed by atoms with Gasteiger partial charge in [-0.05, 0) is 48.4 Å². The Morgan fingerprint density at radius 3 is 2.39 bits per heavy atom. The fourth-order valence-corrected chi connectivity index (χ4v) is 5.36. The highest BCUT2D eigenvalue weighted by Crippen LogP contribution is 2.38. The summed E-state index contributed by atoms with van der Waals surface area (Å²) in [4.78, 5) is 10.2. The van der Waals surface area contributed by atoms with E-state index in [1.807, 2.05) is 25.1 Å². The molecule has 31 heavy (non-hydrogen) atoms. The van der Waals surface area contributed by atoms with Gasteiger partial charge >= 0.3 is 0 Å². The number of hydrogen-bond donors (Lipinski definition) is 0. The van der Waals surface area contributed by atoms with Gasteiger partial charge in [0.2, 0.25) is 0 Å².